The van der Waals surface area contributed by atoms with E-state index in [9.17, 15) is 4.79 Å². The number of anilines is 1. The Morgan fingerprint density at radius 1 is 1.09 bits per heavy atom. The van der Waals surface area contributed by atoms with Crippen molar-refractivity contribution in [1.29, 1.82) is 5.26 Å². The number of ether oxygens (including phenoxy) is 1. The number of nitrogens with one attached hydrogen (secondary N) is 1. The van der Waals surface area contributed by atoms with Gasteiger partial charge in [0.25, 0.3) is 5.91 Å². The molecule has 0 aliphatic rings. The summed E-state index contributed by atoms with van der Waals surface area (Å²) in [6.45, 7) is 0. The summed E-state index contributed by atoms with van der Waals surface area (Å²) in [5, 5.41) is 12.4. The summed E-state index contributed by atoms with van der Waals surface area (Å²) >= 11 is 0. The van der Waals surface area contributed by atoms with E-state index in [4.69, 9.17) is 10.00 Å². The lowest BCUT2D eigenvalue weighted by molar-refractivity contribution is 0.102. The van der Waals surface area contributed by atoms with Crippen molar-refractivity contribution in [2.45, 2.75) is 0 Å². The van der Waals surface area contributed by atoms with Crippen molar-refractivity contribution in [3.8, 4) is 11.8 Å². The smallest absolute Gasteiger partial charge is 0.256 e. The number of rotatable bonds is 3. The molecular formula is C17H12N4O2. The Bertz CT molecular complexity index is 914. The number of nitrogens with zero attached hydrogens (tertiary/aromatic N) is 3. The quantitative estimate of drug-likeness (QED) is 0.803. The molecule has 0 aliphatic carbocycles. The third-order valence-corrected chi connectivity index (χ3v) is 3.26. The molecule has 0 atom stereocenters. The normalized spacial score (nSPS) is 10.1. The lowest BCUT2D eigenvalue weighted by atomic mass is 10.2. The molecule has 6 nitrogen and oxygen atoms in total. The molecule has 0 radical (unpaired) electrons. The van der Waals surface area contributed by atoms with Crippen LogP contribution in [-0.2, 0) is 0 Å². The summed E-state index contributed by atoms with van der Waals surface area (Å²) in [5.74, 6) is 0.774. The molecule has 0 spiro atoms. The minimum atomic E-state index is -0.282. The maximum Gasteiger partial charge on any atom is 0.256 e. The molecule has 3 aromatic rings. The van der Waals surface area contributed by atoms with E-state index in [1.54, 1.807) is 55.6 Å². The van der Waals surface area contributed by atoms with Gasteiger partial charge in [0.15, 0.2) is 5.65 Å². The average molecular weight is 304 g/mol. The number of hydrogen-bond donors (Lipinski definition) is 1. The maximum atomic E-state index is 12.2. The summed E-state index contributed by atoms with van der Waals surface area (Å²) < 4.78 is 5.06. The second-order valence-electron chi connectivity index (χ2n) is 4.73. The van der Waals surface area contributed by atoms with Crippen LogP contribution in [0.15, 0.2) is 48.5 Å². The van der Waals surface area contributed by atoms with Crippen LogP contribution in [0.4, 0.5) is 5.82 Å². The van der Waals surface area contributed by atoms with Gasteiger partial charge in [-0.05, 0) is 48.5 Å². The zero-order valence-corrected chi connectivity index (χ0v) is 12.3. The number of methoxy groups -OCH3 is 1. The Balaban J connectivity index is 1.85. The highest BCUT2D eigenvalue weighted by atomic mass is 16.5. The number of nitriles is 1. The van der Waals surface area contributed by atoms with Crippen molar-refractivity contribution in [2.24, 2.45) is 0 Å². The Morgan fingerprint density at radius 3 is 2.52 bits per heavy atom. The number of carbonyl (C=O) groups excluding carboxylic acids is 1. The van der Waals surface area contributed by atoms with E-state index in [1.165, 1.54) is 0 Å². The van der Waals surface area contributed by atoms with Gasteiger partial charge in [-0.15, -0.1) is 0 Å². The second kappa shape index (κ2) is 6.12. The number of pyridine rings is 2. The van der Waals surface area contributed by atoms with Gasteiger partial charge in [-0.1, -0.05) is 0 Å². The summed E-state index contributed by atoms with van der Waals surface area (Å²) in [6, 6.07) is 15.6. The van der Waals surface area contributed by atoms with Crippen LogP contribution >= 0.6 is 0 Å². The SMILES string of the molecule is COc1ccc(C(=O)Nc2ccc3ccc(C#N)nc3n2)cc1. The number of hydrogen-bond acceptors (Lipinski definition) is 5. The molecule has 1 amide bonds. The molecule has 3 rings (SSSR count). The van der Waals surface area contributed by atoms with E-state index in [-0.39, 0.29) is 11.6 Å². The Morgan fingerprint density at radius 2 is 1.83 bits per heavy atom. The van der Waals surface area contributed by atoms with Crippen molar-refractivity contribution in [2.75, 3.05) is 12.4 Å². The van der Waals surface area contributed by atoms with E-state index >= 15 is 0 Å². The number of carbonyl (C=O) groups is 1. The zero-order valence-electron chi connectivity index (χ0n) is 12.3. The van der Waals surface area contributed by atoms with Gasteiger partial charge in [0.05, 0.1) is 7.11 Å². The standard InChI is InChI=1S/C17H12N4O2/c1-23-14-7-3-12(4-8-14)17(22)21-15-9-5-11-2-6-13(10-18)19-16(11)20-15/h2-9H,1H3,(H,19,20,21,22). The fraction of sp³-hybridized carbons (Fsp3) is 0.0588. The third-order valence-electron chi connectivity index (χ3n) is 3.26. The number of benzene rings is 1. The lowest BCUT2D eigenvalue weighted by Gasteiger charge is -2.06. The first-order valence-corrected chi connectivity index (χ1v) is 6.83. The number of aromatic nitrogens is 2. The predicted octanol–water partition coefficient (Wildman–Crippen LogP) is 2.76. The molecule has 0 saturated carbocycles. The monoisotopic (exact) mass is 304 g/mol. The van der Waals surface area contributed by atoms with Crippen LogP contribution in [0.2, 0.25) is 0 Å². The molecular weight excluding hydrogens is 292 g/mol. The van der Waals surface area contributed by atoms with Gasteiger partial charge in [0, 0.05) is 10.9 Å². The van der Waals surface area contributed by atoms with Crippen LogP contribution in [0.3, 0.4) is 0 Å². The molecule has 1 N–H and O–H groups in total. The van der Waals surface area contributed by atoms with E-state index in [1.807, 2.05) is 6.07 Å². The highest BCUT2D eigenvalue weighted by Gasteiger charge is 2.08. The average Bonchev–Trinajstić information content (AvgIpc) is 2.61. The van der Waals surface area contributed by atoms with Gasteiger partial charge >= 0.3 is 0 Å². The summed E-state index contributed by atoms with van der Waals surface area (Å²) in [7, 11) is 1.57. The van der Waals surface area contributed by atoms with Gasteiger partial charge in [-0.3, -0.25) is 4.79 Å². The number of amides is 1. The van der Waals surface area contributed by atoms with Gasteiger partial charge in [-0.2, -0.15) is 5.26 Å². The van der Waals surface area contributed by atoms with Crippen molar-refractivity contribution in [3.63, 3.8) is 0 Å². The zero-order chi connectivity index (χ0) is 16.2. The summed E-state index contributed by atoms with van der Waals surface area (Å²) in [5.41, 5.74) is 1.19. The molecule has 0 unspecified atom stereocenters. The minimum absolute atomic E-state index is 0.281. The summed E-state index contributed by atoms with van der Waals surface area (Å²) in [4.78, 5) is 20.6. The van der Waals surface area contributed by atoms with Crippen LogP contribution < -0.4 is 10.1 Å². The van der Waals surface area contributed by atoms with E-state index in [2.05, 4.69) is 15.3 Å². The molecule has 2 heterocycles. The highest BCUT2D eigenvalue weighted by Crippen LogP contribution is 2.16. The lowest BCUT2D eigenvalue weighted by Crippen LogP contribution is -2.13. The van der Waals surface area contributed by atoms with E-state index in [0.717, 1.165) is 5.39 Å². The van der Waals surface area contributed by atoms with Crippen LogP contribution in [0.1, 0.15) is 16.1 Å². The fourth-order valence-corrected chi connectivity index (χ4v) is 2.06. The van der Waals surface area contributed by atoms with Crippen LogP contribution in [0.5, 0.6) is 5.75 Å². The maximum absolute atomic E-state index is 12.2. The van der Waals surface area contributed by atoms with E-state index in [0.29, 0.717) is 22.8 Å². The highest BCUT2D eigenvalue weighted by molar-refractivity contribution is 6.04. The van der Waals surface area contributed by atoms with Crippen molar-refractivity contribution >= 4 is 22.8 Å². The fourth-order valence-electron chi connectivity index (χ4n) is 2.06. The Kier molecular flexibility index (Phi) is 3.85. The molecule has 2 aromatic heterocycles. The Labute approximate surface area is 132 Å². The first kappa shape index (κ1) is 14.5. The van der Waals surface area contributed by atoms with Crippen LogP contribution in [0, 0.1) is 11.3 Å². The van der Waals surface area contributed by atoms with Gasteiger partial charge < -0.3 is 10.1 Å². The van der Waals surface area contributed by atoms with Crippen LogP contribution in [0.25, 0.3) is 11.0 Å². The van der Waals surface area contributed by atoms with Crippen molar-refractivity contribution < 1.29 is 9.53 Å². The minimum Gasteiger partial charge on any atom is -0.497 e. The molecule has 0 saturated heterocycles. The van der Waals surface area contributed by atoms with Gasteiger partial charge in [0.1, 0.15) is 23.3 Å². The van der Waals surface area contributed by atoms with Crippen molar-refractivity contribution in [3.05, 3.63) is 59.8 Å². The van der Waals surface area contributed by atoms with Crippen molar-refractivity contribution in [1.82, 2.24) is 9.97 Å². The van der Waals surface area contributed by atoms with E-state index < -0.39 is 0 Å². The Hall–Kier alpha value is -3.46. The van der Waals surface area contributed by atoms with Gasteiger partial charge in [-0.25, -0.2) is 9.97 Å². The molecule has 0 aliphatic heterocycles. The largest absolute Gasteiger partial charge is 0.497 e. The van der Waals surface area contributed by atoms with Crippen LogP contribution in [-0.4, -0.2) is 23.0 Å². The molecule has 112 valence electrons. The van der Waals surface area contributed by atoms with Gasteiger partial charge in [0.2, 0.25) is 0 Å². The first-order chi connectivity index (χ1) is 11.2. The number of fused-ring (bicyclic) bond motifs is 1. The molecule has 6 heteroatoms. The molecule has 1 aromatic carbocycles. The second-order valence-corrected chi connectivity index (χ2v) is 4.73. The first-order valence-electron chi connectivity index (χ1n) is 6.83. The summed E-state index contributed by atoms with van der Waals surface area (Å²) in [6.07, 6.45) is 0. The predicted molar refractivity (Wildman–Crippen MR) is 85.2 cm³/mol. The topological polar surface area (TPSA) is 87.9 Å². The third kappa shape index (κ3) is 3.09. The molecule has 0 fully saturated rings. The molecule has 23 heavy (non-hydrogen) atoms. The molecule has 0 bridgehead atoms.